The van der Waals surface area contributed by atoms with Gasteiger partial charge in [0, 0.05) is 17.7 Å². The molecule has 0 bridgehead atoms. The Morgan fingerprint density at radius 3 is 2.57 bits per heavy atom. The van der Waals surface area contributed by atoms with Crippen molar-refractivity contribution in [3.05, 3.63) is 65.0 Å². The average molecular weight is 321 g/mol. The summed E-state index contributed by atoms with van der Waals surface area (Å²) >= 11 is 0. The summed E-state index contributed by atoms with van der Waals surface area (Å²) in [5, 5.41) is 2.14. The number of anilines is 1. The Hall–Kier alpha value is -2.83. The van der Waals surface area contributed by atoms with Crippen molar-refractivity contribution in [2.24, 2.45) is 0 Å². The van der Waals surface area contributed by atoms with Gasteiger partial charge >= 0.3 is 5.97 Å². The second-order valence-electron chi connectivity index (χ2n) is 4.98. The molecule has 1 aliphatic rings. The SMILES string of the molecule is O=C(C[C@H]1OC(=O)c2ccccc21)Nc1cc(F)c(F)cc1F. The quantitative estimate of drug-likeness (QED) is 0.697. The number of hydrogen-bond donors (Lipinski definition) is 1. The summed E-state index contributed by atoms with van der Waals surface area (Å²) < 4.78 is 44.5. The van der Waals surface area contributed by atoms with Crippen LogP contribution in [0.4, 0.5) is 18.9 Å². The molecule has 0 saturated heterocycles. The van der Waals surface area contributed by atoms with Gasteiger partial charge in [-0.05, 0) is 6.07 Å². The zero-order valence-electron chi connectivity index (χ0n) is 11.6. The second kappa shape index (κ2) is 5.75. The van der Waals surface area contributed by atoms with Gasteiger partial charge in [-0.1, -0.05) is 18.2 Å². The van der Waals surface area contributed by atoms with Crippen molar-refractivity contribution in [3.63, 3.8) is 0 Å². The van der Waals surface area contributed by atoms with E-state index in [2.05, 4.69) is 5.32 Å². The smallest absolute Gasteiger partial charge is 0.339 e. The Morgan fingerprint density at radius 2 is 1.78 bits per heavy atom. The molecule has 0 spiro atoms. The monoisotopic (exact) mass is 321 g/mol. The van der Waals surface area contributed by atoms with Crippen LogP contribution in [-0.2, 0) is 9.53 Å². The van der Waals surface area contributed by atoms with E-state index in [4.69, 9.17) is 4.74 Å². The summed E-state index contributed by atoms with van der Waals surface area (Å²) in [6, 6.07) is 7.48. The van der Waals surface area contributed by atoms with Gasteiger partial charge in [-0.3, -0.25) is 4.79 Å². The Morgan fingerprint density at radius 1 is 1.09 bits per heavy atom. The molecule has 0 aromatic heterocycles. The Kier molecular flexibility index (Phi) is 3.77. The van der Waals surface area contributed by atoms with E-state index in [0.29, 0.717) is 23.3 Å². The Balaban J connectivity index is 1.74. The van der Waals surface area contributed by atoms with E-state index >= 15 is 0 Å². The minimum atomic E-state index is -1.35. The number of cyclic esters (lactones) is 1. The maximum atomic E-state index is 13.5. The third-order valence-electron chi connectivity index (χ3n) is 3.43. The van der Waals surface area contributed by atoms with Crippen LogP contribution < -0.4 is 5.32 Å². The highest BCUT2D eigenvalue weighted by molar-refractivity contribution is 5.96. The molecular weight excluding hydrogens is 311 g/mol. The van der Waals surface area contributed by atoms with Gasteiger partial charge in [0.2, 0.25) is 5.91 Å². The highest BCUT2D eigenvalue weighted by atomic mass is 19.2. The van der Waals surface area contributed by atoms with E-state index in [-0.39, 0.29) is 6.42 Å². The molecule has 0 radical (unpaired) electrons. The van der Waals surface area contributed by atoms with Gasteiger partial charge in [-0.25, -0.2) is 18.0 Å². The zero-order chi connectivity index (χ0) is 16.6. The van der Waals surface area contributed by atoms with Crippen LogP contribution >= 0.6 is 0 Å². The maximum absolute atomic E-state index is 13.5. The number of carbonyl (C=O) groups excluding carboxylic acids is 2. The minimum Gasteiger partial charge on any atom is -0.453 e. The molecule has 1 amide bonds. The molecule has 1 heterocycles. The van der Waals surface area contributed by atoms with Crippen LogP contribution in [0, 0.1) is 17.5 Å². The molecule has 2 aromatic rings. The van der Waals surface area contributed by atoms with Gasteiger partial charge in [0.1, 0.15) is 11.9 Å². The van der Waals surface area contributed by atoms with E-state index < -0.39 is 41.1 Å². The summed E-state index contributed by atoms with van der Waals surface area (Å²) in [6.45, 7) is 0. The number of nitrogens with one attached hydrogen (secondary N) is 1. The second-order valence-corrected chi connectivity index (χ2v) is 4.98. The first-order valence-corrected chi connectivity index (χ1v) is 6.70. The lowest BCUT2D eigenvalue weighted by atomic mass is 10.0. The predicted octanol–water partition coefficient (Wildman–Crippen LogP) is 3.34. The molecule has 0 aliphatic carbocycles. The third-order valence-corrected chi connectivity index (χ3v) is 3.43. The lowest BCUT2D eigenvalue weighted by Gasteiger charge is -2.11. The van der Waals surface area contributed by atoms with Crippen LogP contribution in [0.3, 0.4) is 0 Å². The number of halogens is 3. The summed E-state index contributed by atoms with van der Waals surface area (Å²) in [6.07, 6.45) is -1.06. The molecule has 0 saturated carbocycles. The summed E-state index contributed by atoms with van der Waals surface area (Å²) in [7, 11) is 0. The molecule has 118 valence electrons. The lowest BCUT2D eigenvalue weighted by Crippen LogP contribution is -2.17. The number of benzene rings is 2. The molecule has 3 rings (SSSR count). The molecule has 4 nitrogen and oxygen atoms in total. The first-order chi connectivity index (χ1) is 11.0. The number of ether oxygens (including phenoxy) is 1. The normalized spacial score (nSPS) is 16.0. The van der Waals surface area contributed by atoms with Gasteiger partial charge in [0.05, 0.1) is 17.7 Å². The Labute approximate surface area is 128 Å². The summed E-state index contributed by atoms with van der Waals surface area (Å²) in [4.78, 5) is 23.6. The summed E-state index contributed by atoms with van der Waals surface area (Å²) in [5.74, 6) is -4.96. The van der Waals surface area contributed by atoms with Gasteiger partial charge in [-0.2, -0.15) is 0 Å². The van der Waals surface area contributed by atoms with Gasteiger partial charge in [-0.15, -0.1) is 0 Å². The number of esters is 1. The van der Waals surface area contributed by atoms with E-state index in [9.17, 15) is 22.8 Å². The molecule has 1 atom stereocenters. The minimum absolute atomic E-state index is 0.263. The number of hydrogen-bond acceptors (Lipinski definition) is 3. The van der Waals surface area contributed by atoms with Crippen molar-refractivity contribution in [3.8, 4) is 0 Å². The summed E-state index contributed by atoms with van der Waals surface area (Å²) in [5.41, 5.74) is 0.439. The standard InChI is InChI=1S/C16H10F3NO3/c17-10-5-12(19)13(6-11(10)18)20-15(21)7-14-8-3-1-2-4-9(8)16(22)23-14/h1-6,14H,7H2,(H,20,21)/t14-/m1/s1. The molecule has 0 fully saturated rings. The molecule has 23 heavy (non-hydrogen) atoms. The average Bonchev–Trinajstić information content (AvgIpc) is 2.82. The van der Waals surface area contributed by atoms with Crippen molar-refractivity contribution in [1.29, 1.82) is 0 Å². The fraction of sp³-hybridized carbons (Fsp3) is 0.125. The highest BCUT2D eigenvalue weighted by Gasteiger charge is 2.32. The van der Waals surface area contributed by atoms with Crippen molar-refractivity contribution < 1.29 is 27.5 Å². The van der Waals surface area contributed by atoms with Gasteiger partial charge in [0.15, 0.2) is 11.6 Å². The van der Waals surface area contributed by atoms with Crippen molar-refractivity contribution in [2.75, 3.05) is 5.32 Å². The number of rotatable bonds is 3. The first-order valence-electron chi connectivity index (χ1n) is 6.70. The molecule has 7 heteroatoms. The highest BCUT2D eigenvalue weighted by Crippen LogP contribution is 2.33. The molecule has 1 aliphatic heterocycles. The maximum Gasteiger partial charge on any atom is 0.339 e. The van der Waals surface area contributed by atoms with E-state index in [1.807, 2.05) is 0 Å². The van der Waals surface area contributed by atoms with Crippen LogP contribution in [0.25, 0.3) is 0 Å². The fourth-order valence-corrected chi connectivity index (χ4v) is 2.36. The van der Waals surface area contributed by atoms with E-state index in [0.717, 1.165) is 0 Å². The third kappa shape index (κ3) is 2.90. The largest absolute Gasteiger partial charge is 0.453 e. The number of carbonyl (C=O) groups is 2. The van der Waals surface area contributed by atoms with Crippen molar-refractivity contribution in [2.45, 2.75) is 12.5 Å². The number of amides is 1. The van der Waals surface area contributed by atoms with Gasteiger partial charge in [0.25, 0.3) is 0 Å². The Bertz CT molecular complexity index is 807. The lowest BCUT2D eigenvalue weighted by molar-refractivity contribution is -0.118. The topological polar surface area (TPSA) is 55.4 Å². The van der Waals surface area contributed by atoms with E-state index in [1.165, 1.54) is 0 Å². The van der Waals surface area contributed by atoms with Crippen LogP contribution in [0.1, 0.15) is 28.4 Å². The fourth-order valence-electron chi connectivity index (χ4n) is 2.36. The molecule has 2 aromatic carbocycles. The van der Waals surface area contributed by atoms with E-state index in [1.54, 1.807) is 24.3 Å². The van der Waals surface area contributed by atoms with Crippen LogP contribution in [0.15, 0.2) is 36.4 Å². The molecule has 0 unspecified atom stereocenters. The molecule has 1 N–H and O–H groups in total. The van der Waals surface area contributed by atoms with Crippen LogP contribution in [0.2, 0.25) is 0 Å². The van der Waals surface area contributed by atoms with Crippen LogP contribution in [-0.4, -0.2) is 11.9 Å². The zero-order valence-corrected chi connectivity index (χ0v) is 11.6. The number of fused-ring (bicyclic) bond motifs is 1. The van der Waals surface area contributed by atoms with Crippen molar-refractivity contribution in [1.82, 2.24) is 0 Å². The van der Waals surface area contributed by atoms with Gasteiger partial charge < -0.3 is 10.1 Å². The molecular formula is C16H10F3NO3. The van der Waals surface area contributed by atoms with Crippen molar-refractivity contribution >= 4 is 17.6 Å². The predicted molar refractivity (Wildman–Crippen MR) is 74.2 cm³/mol. The first kappa shape index (κ1) is 15.1. The van der Waals surface area contributed by atoms with Crippen LogP contribution in [0.5, 0.6) is 0 Å².